The minimum Gasteiger partial charge on any atom is -0.325 e. The van der Waals surface area contributed by atoms with E-state index in [0.29, 0.717) is 17.3 Å². The highest BCUT2D eigenvalue weighted by Crippen LogP contribution is 2.15. The van der Waals surface area contributed by atoms with E-state index in [2.05, 4.69) is 29.7 Å². The lowest BCUT2D eigenvalue weighted by Crippen LogP contribution is -2.27. The highest BCUT2D eigenvalue weighted by Gasteiger charge is 2.03. The first kappa shape index (κ1) is 14.1. The number of nitrogens with one attached hydrogen (secondary N) is 2. The zero-order valence-corrected chi connectivity index (χ0v) is 12.1. The number of carbonyl (C=O) groups excluding carboxylic acids is 1. The highest BCUT2D eigenvalue weighted by atomic mass is 35.5. The summed E-state index contributed by atoms with van der Waals surface area (Å²) in [6, 6.07) is 11.3. The van der Waals surface area contributed by atoms with Crippen molar-refractivity contribution in [3.8, 4) is 0 Å². The molecule has 0 aliphatic carbocycles. The Morgan fingerprint density at radius 3 is 2.84 bits per heavy atom. The van der Waals surface area contributed by atoms with Gasteiger partial charge in [0.2, 0.25) is 5.91 Å². The Balaban J connectivity index is 1.76. The molecule has 2 N–H and O–H groups in total. The molecule has 19 heavy (non-hydrogen) atoms. The molecule has 0 aliphatic rings. The lowest BCUT2D eigenvalue weighted by Gasteiger charge is -2.06. The zero-order chi connectivity index (χ0) is 13.7. The SMILES string of the molecule is Cc1ccc(CNCC(=O)Nc2cccc(Cl)c2)s1. The molecule has 2 rings (SSSR count). The van der Waals surface area contributed by atoms with E-state index in [-0.39, 0.29) is 12.5 Å². The summed E-state index contributed by atoms with van der Waals surface area (Å²) in [5, 5.41) is 6.52. The fourth-order valence-electron chi connectivity index (χ4n) is 1.65. The molecule has 1 aromatic heterocycles. The molecule has 0 saturated heterocycles. The van der Waals surface area contributed by atoms with E-state index in [1.165, 1.54) is 9.75 Å². The van der Waals surface area contributed by atoms with Crippen LogP contribution in [0.3, 0.4) is 0 Å². The van der Waals surface area contributed by atoms with Gasteiger partial charge in [-0.2, -0.15) is 0 Å². The number of anilines is 1. The van der Waals surface area contributed by atoms with Crippen molar-refractivity contribution in [2.75, 3.05) is 11.9 Å². The molecule has 0 saturated carbocycles. The molecule has 0 atom stereocenters. The van der Waals surface area contributed by atoms with Crippen LogP contribution in [0, 0.1) is 6.92 Å². The van der Waals surface area contributed by atoms with Gasteiger partial charge in [-0.1, -0.05) is 17.7 Å². The van der Waals surface area contributed by atoms with Crippen LogP contribution >= 0.6 is 22.9 Å². The largest absolute Gasteiger partial charge is 0.325 e. The Bertz CT molecular complexity index is 568. The summed E-state index contributed by atoms with van der Waals surface area (Å²) in [7, 11) is 0. The van der Waals surface area contributed by atoms with Crippen LogP contribution in [0.4, 0.5) is 5.69 Å². The average Bonchev–Trinajstić information content (AvgIpc) is 2.75. The molecular formula is C14H15ClN2OS. The zero-order valence-electron chi connectivity index (χ0n) is 10.6. The van der Waals surface area contributed by atoms with Crippen molar-refractivity contribution in [1.29, 1.82) is 0 Å². The van der Waals surface area contributed by atoms with Gasteiger partial charge in [-0.3, -0.25) is 4.79 Å². The van der Waals surface area contributed by atoms with Gasteiger partial charge in [-0.05, 0) is 37.3 Å². The summed E-state index contributed by atoms with van der Waals surface area (Å²) in [5.41, 5.74) is 0.714. The fraction of sp³-hybridized carbons (Fsp3) is 0.214. The number of amides is 1. The number of aryl methyl sites for hydroxylation is 1. The second-order valence-electron chi connectivity index (χ2n) is 4.17. The number of halogens is 1. The molecule has 5 heteroatoms. The number of hydrogen-bond acceptors (Lipinski definition) is 3. The molecule has 0 bridgehead atoms. The van der Waals surface area contributed by atoms with E-state index >= 15 is 0 Å². The maximum absolute atomic E-state index is 11.7. The van der Waals surface area contributed by atoms with Crippen molar-refractivity contribution in [3.05, 3.63) is 51.2 Å². The van der Waals surface area contributed by atoms with Crippen molar-refractivity contribution in [2.24, 2.45) is 0 Å². The Morgan fingerprint density at radius 2 is 2.16 bits per heavy atom. The van der Waals surface area contributed by atoms with E-state index in [0.717, 1.165) is 0 Å². The molecule has 0 radical (unpaired) electrons. The summed E-state index contributed by atoms with van der Waals surface area (Å²) in [6.45, 7) is 3.06. The molecular weight excluding hydrogens is 280 g/mol. The van der Waals surface area contributed by atoms with Crippen molar-refractivity contribution in [1.82, 2.24) is 5.32 Å². The Hall–Kier alpha value is -1.36. The molecule has 1 amide bonds. The number of hydrogen-bond donors (Lipinski definition) is 2. The summed E-state index contributed by atoms with van der Waals surface area (Å²) in [4.78, 5) is 14.2. The molecule has 2 aromatic rings. The molecule has 0 fully saturated rings. The normalized spacial score (nSPS) is 10.4. The summed E-state index contributed by atoms with van der Waals surface area (Å²) < 4.78 is 0. The smallest absolute Gasteiger partial charge is 0.238 e. The van der Waals surface area contributed by atoms with E-state index in [1.807, 2.05) is 6.07 Å². The van der Waals surface area contributed by atoms with Gasteiger partial charge in [0.05, 0.1) is 6.54 Å². The van der Waals surface area contributed by atoms with Crippen molar-refractivity contribution < 1.29 is 4.79 Å². The lowest BCUT2D eigenvalue weighted by molar-refractivity contribution is -0.115. The molecule has 100 valence electrons. The third kappa shape index (κ3) is 4.67. The van der Waals surface area contributed by atoms with Crippen molar-refractivity contribution in [2.45, 2.75) is 13.5 Å². The van der Waals surface area contributed by atoms with Crippen molar-refractivity contribution >= 4 is 34.5 Å². The van der Waals surface area contributed by atoms with Crippen LogP contribution in [-0.4, -0.2) is 12.5 Å². The lowest BCUT2D eigenvalue weighted by atomic mass is 10.3. The maximum Gasteiger partial charge on any atom is 0.238 e. The average molecular weight is 295 g/mol. The second kappa shape index (κ2) is 6.70. The van der Waals surface area contributed by atoms with Gasteiger partial charge in [0, 0.05) is 27.0 Å². The first-order valence-electron chi connectivity index (χ1n) is 5.95. The van der Waals surface area contributed by atoms with Gasteiger partial charge in [0.1, 0.15) is 0 Å². The van der Waals surface area contributed by atoms with E-state index < -0.39 is 0 Å². The summed E-state index contributed by atoms with van der Waals surface area (Å²) in [5.74, 6) is -0.0736. The molecule has 1 heterocycles. The number of rotatable bonds is 5. The topological polar surface area (TPSA) is 41.1 Å². The Kier molecular flexibility index (Phi) is 4.96. The van der Waals surface area contributed by atoms with Crippen LogP contribution < -0.4 is 10.6 Å². The third-order valence-electron chi connectivity index (χ3n) is 2.49. The van der Waals surface area contributed by atoms with E-state index in [1.54, 1.807) is 29.5 Å². The highest BCUT2D eigenvalue weighted by molar-refractivity contribution is 7.11. The quantitative estimate of drug-likeness (QED) is 0.887. The maximum atomic E-state index is 11.7. The Labute approximate surface area is 121 Å². The third-order valence-corrected chi connectivity index (χ3v) is 3.72. The van der Waals surface area contributed by atoms with Gasteiger partial charge >= 0.3 is 0 Å². The van der Waals surface area contributed by atoms with Gasteiger partial charge in [-0.25, -0.2) is 0 Å². The molecule has 0 aliphatic heterocycles. The van der Waals surface area contributed by atoms with Crippen LogP contribution in [0.5, 0.6) is 0 Å². The summed E-state index contributed by atoms with van der Waals surface area (Å²) >= 11 is 7.58. The van der Waals surface area contributed by atoms with Crippen LogP contribution in [0.1, 0.15) is 9.75 Å². The van der Waals surface area contributed by atoms with Crippen molar-refractivity contribution in [3.63, 3.8) is 0 Å². The molecule has 3 nitrogen and oxygen atoms in total. The second-order valence-corrected chi connectivity index (χ2v) is 5.98. The minimum atomic E-state index is -0.0736. The van der Waals surface area contributed by atoms with Crippen LogP contribution in [0.15, 0.2) is 36.4 Å². The van der Waals surface area contributed by atoms with Gasteiger partial charge in [0.15, 0.2) is 0 Å². The predicted octanol–water partition coefficient (Wildman–Crippen LogP) is 3.44. The van der Waals surface area contributed by atoms with Gasteiger partial charge in [-0.15, -0.1) is 11.3 Å². The minimum absolute atomic E-state index is 0.0736. The predicted molar refractivity (Wildman–Crippen MR) is 80.8 cm³/mol. The monoisotopic (exact) mass is 294 g/mol. The first-order valence-corrected chi connectivity index (χ1v) is 7.14. The Morgan fingerprint density at radius 1 is 1.32 bits per heavy atom. The van der Waals surface area contributed by atoms with Crippen LogP contribution in [0.2, 0.25) is 5.02 Å². The van der Waals surface area contributed by atoms with Gasteiger partial charge < -0.3 is 10.6 Å². The standard InChI is InChI=1S/C14H15ClN2OS/c1-10-5-6-13(19-10)8-16-9-14(18)17-12-4-2-3-11(15)7-12/h2-7,16H,8-9H2,1H3,(H,17,18). The summed E-state index contributed by atoms with van der Waals surface area (Å²) in [6.07, 6.45) is 0. The van der Waals surface area contributed by atoms with E-state index in [9.17, 15) is 4.79 Å². The molecule has 1 aromatic carbocycles. The molecule has 0 unspecified atom stereocenters. The first-order chi connectivity index (χ1) is 9.13. The van der Waals surface area contributed by atoms with Crippen LogP contribution in [0.25, 0.3) is 0 Å². The number of thiophene rings is 1. The molecule has 0 spiro atoms. The number of carbonyl (C=O) groups is 1. The fourth-order valence-corrected chi connectivity index (χ4v) is 2.70. The number of benzene rings is 1. The van der Waals surface area contributed by atoms with Crippen LogP contribution in [-0.2, 0) is 11.3 Å². The van der Waals surface area contributed by atoms with E-state index in [4.69, 9.17) is 11.6 Å². The van der Waals surface area contributed by atoms with Gasteiger partial charge in [0.25, 0.3) is 0 Å².